The fourth-order valence-electron chi connectivity index (χ4n) is 3.55. The van der Waals surface area contributed by atoms with Gasteiger partial charge in [0.25, 0.3) is 0 Å². The minimum atomic E-state index is -0.476. The largest absolute Gasteiger partial charge is 0.297 e. The van der Waals surface area contributed by atoms with Crippen LogP contribution in [0.25, 0.3) is 10.4 Å². The lowest BCUT2D eigenvalue weighted by atomic mass is 9.85. The molecule has 118 valence electrons. The number of rotatable bonds is 3. The molecule has 1 atom stereocenters. The van der Waals surface area contributed by atoms with E-state index in [4.69, 9.17) is 0 Å². The fraction of sp³-hybridized carbons (Fsp3) is 0.333. The first-order chi connectivity index (χ1) is 11.1. The molecule has 1 aromatic carbocycles. The highest BCUT2D eigenvalue weighted by atomic mass is 32.1. The van der Waals surface area contributed by atoms with Gasteiger partial charge in [0.05, 0.1) is 5.41 Å². The van der Waals surface area contributed by atoms with Crippen LogP contribution in [0, 0.1) is 5.41 Å². The van der Waals surface area contributed by atoms with E-state index in [2.05, 4.69) is 46.6 Å². The zero-order valence-electron chi connectivity index (χ0n) is 12.7. The van der Waals surface area contributed by atoms with Crippen LogP contribution in [-0.4, -0.2) is 29.8 Å². The number of hydrogen-bond acceptors (Lipinski definition) is 4. The number of carbonyl (C=O) groups is 2. The molecule has 1 N–H and O–H groups in total. The summed E-state index contributed by atoms with van der Waals surface area (Å²) in [5.74, 6) is -0.208. The second-order valence-electron chi connectivity index (χ2n) is 6.43. The minimum Gasteiger partial charge on any atom is -0.297 e. The standard InChI is InChI=1S/C18H18N2O2S/c21-16-10-18(17(22)19-16)8-9-20(12-18)11-14-6-7-15(23-14)13-4-2-1-3-5-13/h1-7H,8-12H2,(H,19,21,22). The van der Waals surface area contributed by atoms with Gasteiger partial charge in [-0.2, -0.15) is 0 Å². The Hall–Kier alpha value is -1.98. The maximum atomic E-state index is 12.0. The highest BCUT2D eigenvalue weighted by molar-refractivity contribution is 7.15. The van der Waals surface area contributed by atoms with Crippen LogP contribution < -0.4 is 5.32 Å². The van der Waals surface area contributed by atoms with E-state index in [0.717, 1.165) is 19.5 Å². The van der Waals surface area contributed by atoms with Crippen LogP contribution in [-0.2, 0) is 16.1 Å². The van der Waals surface area contributed by atoms with Gasteiger partial charge in [0.15, 0.2) is 0 Å². The first-order valence-corrected chi connectivity index (χ1v) is 8.67. The Morgan fingerprint density at radius 2 is 1.96 bits per heavy atom. The summed E-state index contributed by atoms with van der Waals surface area (Å²) in [5.41, 5.74) is 0.763. The first-order valence-electron chi connectivity index (χ1n) is 7.85. The van der Waals surface area contributed by atoms with Crippen molar-refractivity contribution in [2.24, 2.45) is 5.41 Å². The second-order valence-corrected chi connectivity index (χ2v) is 7.60. The zero-order valence-corrected chi connectivity index (χ0v) is 13.6. The van der Waals surface area contributed by atoms with Crippen molar-refractivity contribution in [3.05, 3.63) is 47.3 Å². The molecule has 0 bridgehead atoms. The molecule has 4 rings (SSSR count). The van der Waals surface area contributed by atoms with Gasteiger partial charge >= 0.3 is 0 Å². The van der Waals surface area contributed by atoms with Gasteiger partial charge < -0.3 is 0 Å². The van der Waals surface area contributed by atoms with E-state index in [9.17, 15) is 9.59 Å². The quantitative estimate of drug-likeness (QED) is 0.882. The third-order valence-electron chi connectivity index (χ3n) is 4.77. The SMILES string of the molecule is O=C1CC2(CCN(Cc3ccc(-c4ccccc4)s3)C2)C(=O)N1. The Morgan fingerprint density at radius 1 is 1.13 bits per heavy atom. The summed E-state index contributed by atoms with van der Waals surface area (Å²) in [7, 11) is 0. The molecule has 2 amide bonds. The van der Waals surface area contributed by atoms with Gasteiger partial charge in [0.1, 0.15) is 0 Å². The summed E-state index contributed by atoms with van der Waals surface area (Å²) in [4.78, 5) is 28.4. The van der Waals surface area contributed by atoms with Gasteiger partial charge in [-0.15, -0.1) is 11.3 Å². The normalized spacial score (nSPS) is 24.5. The van der Waals surface area contributed by atoms with Gasteiger partial charge in [-0.05, 0) is 30.7 Å². The molecule has 2 aromatic rings. The Kier molecular flexibility index (Phi) is 3.54. The zero-order chi connectivity index (χ0) is 15.9. The summed E-state index contributed by atoms with van der Waals surface area (Å²) >= 11 is 1.80. The lowest BCUT2D eigenvalue weighted by Gasteiger charge is -2.19. The van der Waals surface area contributed by atoms with Crippen molar-refractivity contribution in [2.45, 2.75) is 19.4 Å². The number of carbonyl (C=O) groups excluding carboxylic acids is 2. The summed E-state index contributed by atoms with van der Waals surface area (Å²) in [6.45, 7) is 2.41. The van der Waals surface area contributed by atoms with Crippen LogP contribution in [0.5, 0.6) is 0 Å². The highest BCUT2D eigenvalue weighted by Gasteiger charge is 2.50. The van der Waals surface area contributed by atoms with Gasteiger partial charge in [-0.1, -0.05) is 30.3 Å². The number of benzene rings is 1. The maximum Gasteiger partial charge on any atom is 0.234 e. The molecule has 2 aliphatic heterocycles. The van der Waals surface area contributed by atoms with Crippen molar-refractivity contribution in [3.63, 3.8) is 0 Å². The molecule has 0 saturated carbocycles. The van der Waals surface area contributed by atoms with Crippen LogP contribution in [0.3, 0.4) is 0 Å². The van der Waals surface area contributed by atoms with Crippen LogP contribution in [0.2, 0.25) is 0 Å². The lowest BCUT2D eigenvalue weighted by Crippen LogP contribution is -2.34. The Bertz CT molecular complexity index is 755. The molecular formula is C18H18N2O2S. The number of imide groups is 1. The lowest BCUT2D eigenvalue weighted by molar-refractivity contribution is -0.128. The molecule has 5 heteroatoms. The number of amides is 2. The van der Waals surface area contributed by atoms with E-state index in [-0.39, 0.29) is 11.8 Å². The third kappa shape index (κ3) is 2.71. The fourth-order valence-corrected chi connectivity index (χ4v) is 4.61. The molecule has 0 radical (unpaired) electrons. The second kappa shape index (κ2) is 5.58. The number of thiophene rings is 1. The third-order valence-corrected chi connectivity index (χ3v) is 5.88. The molecule has 4 nitrogen and oxygen atoms in total. The molecule has 1 unspecified atom stereocenters. The van der Waals surface area contributed by atoms with Gasteiger partial charge in [0.2, 0.25) is 11.8 Å². The molecule has 2 saturated heterocycles. The maximum absolute atomic E-state index is 12.0. The Balaban J connectivity index is 1.45. The summed E-state index contributed by atoms with van der Waals surface area (Å²) in [6, 6.07) is 14.7. The van der Waals surface area contributed by atoms with Crippen molar-refractivity contribution < 1.29 is 9.59 Å². The van der Waals surface area contributed by atoms with Crippen molar-refractivity contribution in [3.8, 4) is 10.4 Å². The van der Waals surface area contributed by atoms with Crippen LogP contribution in [0.4, 0.5) is 0 Å². The van der Waals surface area contributed by atoms with E-state index >= 15 is 0 Å². The Morgan fingerprint density at radius 3 is 2.70 bits per heavy atom. The number of likely N-dealkylation sites (tertiary alicyclic amines) is 1. The van der Waals surface area contributed by atoms with E-state index in [1.165, 1.54) is 15.3 Å². The Labute approximate surface area is 139 Å². The number of hydrogen-bond donors (Lipinski definition) is 1. The van der Waals surface area contributed by atoms with E-state index in [1.54, 1.807) is 11.3 Å². The predicted molar refractivity (Wildman–Crippen MR) is 89.8 cm³/mol. The molecule has 0 aliphatic carbocycles. The summed E-state index contributed by atoms with van der Waals surface area (Å²) in [5, 5.41) is 2.46. The molecule has 2 aliphatic rings. The van der Waals surface area contributed by atoms with Gasteiger partial charge in [-0.3, -0.25) is 19.8 Å². The average molecular weight is 326 g/mol. The molecule has 1 aromatic heterocycles. The monoisotopic (exact) mass is 326 g/mol. The van der Waals surface area contributed by atoms with Crippen molar-refractivity contribution in [2.75, 3.05) is 13.1 Å². The molecule has 23 heavy (non-hydrogen) atoms. The van der Waals surface area contributed by atoms with Crippen molar-refractivity contribution >= 4 is 23.2 Å². The molecule has 2 fully saturated rings. The van der Waals surface area contributed by atoms with Crippen LogP contribution >= 0.6 is 11.3 Å². The average Bonchev–Trinajstić information content (AvgIpc) is 3.23. The van der Waals surface area contributed by atoms with Crippen LogP contribution in [0.1, 0.15) is 17.7 Å². The van der Waals surface area contributed by atoms with Gasteiger partial charge in [0, 0.05) is 29.3 Å². The molecular weight excluding hydrogens is 308 g/mol. The van der Waals surface area contributed by atoms with E-state index in [0.29, 0.717) is 13.0 Å². The van der Waals surface area contributed by atoms with E-state index < -0.39 is 5.41 Å². The summed E-state index contributed by atoms with van der Waals surface area (Å²) in [6.07, 6.45) is 1.13. The highest BCUT2D eigenvalue weighted by Crippen LogP contribution is 2.39. The predicted octanol–water partition coefficient (Wildman–Crippen LogP) is 2.65. The number of nitrogens with zero attached hydrogens (tertiary/aromatic N) is 1. The van der Waals surface area contributed by atoms with Crippen molar-refractivity contribution in [1.29, 1.82) is 0 Å². The number of nitrogens with one attached hydrogen (secondary N) is 1. The van der Waals surface area contributed by atoms with Gasteiger partial charge in [-0.25, -0.2) is 0 Å². The van der Waals surface area contributed by atoms with E-state index in [1.807, 2.05) is 6.07 Å². The smallest absolute Gasteiger partial charge is 0.234 e. The van der Waals surface area contributed by atoms with Crippen molar-refractivity contribution in [1.82, 2.24) is 10.2 Å². The minimum absolute atomic E-state index is 0.0823. The molecule has 1 spiro atoms. The first kappa shape index (κ1) is 14.6. The topological polar surface area (TPSA) is 49.4 Å². The summed E-state index contributed by atoms with van der Waals surface area (Å²) < 4.78 is 0. The molecule has 3 heterocycles. The van der Waals surface area contributed by atoms with Crippen LogP contribution in [0.15, 0.2) is 42.5 Å².